The lowest BCUT2D eigenvalue weighted by Crippen LogP contribution is -2.48. The molecule has 0 aliphatic carbocycles. The minimum Gasteiger partial charge on any atom is -0.492 e. The molecule has 1 N–H and O–H groups in total. The van der Waals surface area contributed by atoms with Gasteiger partial charge in [0.15, 0.2) is 0 Å². The number of piperazine rings is 1. The van der Waals surface area contributed by atoms with Gasteiger partial charge in [-0.25, -0.2) is 4.98 Å². The number of hydrogen-bond acceptors (Lipinski definition) is 5. The molecule has 1 aromatic heterocycles. The molecule has 2 heterocycles. The predicted octanol–water partition coefficient (Wildman–Crippen LogP) is 3.09. The number of benzene rings is 1. The van der Waals surface area contributed by atoms with E-state index in [4.69, 9.17) is 16.3 Å². The second-order valence-electron chi connectivity index (χ2n) is 6.78. The summed E-state index contributed by atoms with van der Waals surface area (Å²) in [5.74, 6) is 1.84. The Balaban J connectivity index is 1.58. The maximum atomic E-state index is 11.5. The van der Waals surface area contributed by atoms with Crippen molar-refractivity contribution < 1.29 is 9.53 Å². The summed E-state index contributed by atoms with van der Waals surface area (Å²) in [6.07, 6.45) is 1.82. The minimum atomic E-state index is 0.136. The molecule has 2 aromatic rings. The van der Waals surface area contributed by atoms with Gasteiger partial charge in [-0.15, -0.1) is 0 Å². The number of aromatic nitrogens is 1. The molecule has 6 nitrogen and oxygen atoms in total. The molecule has 1 fully saturated rings. The number of rotatable bonds is 7. The highest BCUT2D eigenvalue weighted by atomic mass is 35.5. The third-order valence-electron chi connectivity index (χ3n) is 4.83. The summed E-state index contributed by atoms with van der Waals surface area (Å²) in [5, 5.41) is 4.10. The fourth-order valence-electron chi connectivity index (χ4n) is 3.35. The molecule has 0 spiro atoms. The molecule has 7 heteroatoms. The molecule has 0 radical (unpaired) electrons. The summed E-state index contributed by atoms with van der Waals surface area (Å²) in [5.41, 5.74) is 2.25. The van der Waals surface area contributed by atoms with Crippen molar-refractivity contribution in [3.63, 3.8) is 0 Å². The van der Waals surface area contributed by atoms with Gasteiger partial charge in [-0.05, 0) is 30.7 Å². The van der Waals surface area contributed by atoms with Crippen LogP contribution in [0.2, 0.25) is 5.02 Å². The first-order valence-corrected chi connectivity index (χ1v) is 10.0. The summed E-state index contributed by atoms with van der Waals surface area (Å²) >= 11 is 6.27. The standard InChI is InChI=1S/C21H27ClN4O2/c1-3-28-20-7-6-17(13-19(20)22)14-23-15-18-5-4-8-24-21(18)26-11-9-25(10-12-26)16(2)27/h4-8,13,23H,3,9-12,14-15H2,1-2H3. The number of amides is 1. The third-order valence-corrected chi connectivity index (χ3v) is 5.13. The molecule has 1 aliphatic heterocycles. The van der Waals surface area contributed by atoms with Crippen molar-refractivity contribution in [1.29, 1.82) is 0 Å². The SMILES string of the molecule is CCOc1ccc(CNCc2cccnc2N2CCN(C(C)=O)CC2)cc1Cl. The molecule has 1 aromatic carbocycles. The normalized spacial score (nSPS) is 14.2. The van der Waals surface area contributed by atoms with E-state index in [2.05, 4.69) is 21.3 Å². The topological polar surface area (TPSA) is 57.7 Å². The molecule has 0 bridgehead atoms. The molecular weight excluding hydrogens is 376 g/mol. The lowest BCUT2D eigenvalue weighted by Gasteiger charge is -2.35. The van der Waals surface area contributed by atoms with E-state index >= 15 is 0 Å². The maximum Gasteiger partial charge on any atom is 0.219 e. The van der Waals surface area contributed by atoms with E-state index in [0.29, 0.717) is 30.5 Å². The fourth-order valence-corrected chi connectivity index (χ4v) is 3.61. The number of pyridine rings is 1. The fraction of sp³-hybridized carbons (Fsp3) is 0.429. The Bertz CT molecular complexity index is 807. The van der Waals surface area contributed by atoms with Gasteiger partial charge in [-0.2, -0.15) is 0 Å². The number of ether oxygens (including phenoxy) is 1. The minimum absolute atomic E-state index is 0.136. The van der Waals surface area contributed by atoms with E-state index in [-0.39, 0.29) is 5.91 Å². The van der Waals surface area contributed by atoms with Crippen LogP contribution in [0.25, 0.3) is 0 Å². The lowest BCUT2D eigenvalue weighted by atomic mass is 10.2. The van der Waals surface area contributed by atoms with Crippen LogP contribution in [0.15, 0.2) is 36.5 Å². The van der Waals surface area contributed by atoms with Gasteiger partial charge in [0.2, 0.25) is 5.91 Å². The van der Waals surface area contributed by atoms with Crippen LogP contribution in [0.3, 0.4) is 0 Å². The van der Waals surface area contributed by atoms with Gasteiger partial charge in [0.05, 0.1) is 11.6 Å². The summed E-state index contributed by atoms with van der Waals surface area (Å²) in [6, 6.07) is 9.92. The quantitative estimate of drug-likeness (QED) is 0.771. The highest BCUT2D eigenvalue weighted by Gasteiger charge is 2.21. The Morgan fingerprint density at radius 3 is 2.68 bits per heavy atom. The number of hydrogen-bond donors (Lipinski definition) is 1. The van der Waals surface area contributed by atoms with Crippen LogP contribution in [0, 0.1) is 0 Å². The van der Waals surface area contributed by atoms with Gasteiger partial charge in [-0.3, -0.25) is 4.79 Å². The van der Waals surface area contributed by atoms with E-state index in [1.807, 2.05) is 42.3 Å². The molecule has 1 aliphatic rings. The number of carbonyl (C=O) groups excluding carboxylic acids is 1. The number of halogens is 1. The molecule has 1 amide bonds. The average Bonchev–Trinajstić information content (AvgIpc) is 2.70. The van der Waals surface area contributed by atoms with E-state index < -0.39 is 0 Å². The van der Waals surface area contributed by atoms with Crippen LogP contribution >= 0.6 is 11.6 Å². The van der Waals surface area contributed by atoms with Crippen molar-refractivity contribution in [3.05, 3.63) is 52.7 Å². The lowest BCUT2D eigenvalue weighted by molar-refractivity contribution is -0.129. The van der Waals surface area contributed by atoms with E-state index in [1.54, 1.807) is 6.92 Å². The molecule has 3 rings (SSSR count). The Hall–Kier alpha value is -2.31. The Labute approximate surface area is 171 Å². The number of nitrogens with zero attached hydrogens (tertiary/aromatic N) is 3. The first-order valence-electron chi connectivity index (χ1n) is 9.64. The van der Waals surface area contributed by atoms with Gasteiger partial charge >= 0.3 is 0 Å². The molecule has 28 heavy (non-hydrogen) atoms. The summed E-state index contributed by atoms with van der Waals surface area (Å²) in [6.45, 7) is 8.67. The summed E-state index contributed by atoms with van der Waals surface area (Å²) < 4.78 is 5.48. The van der Waals surface area contributed by atoms with Crippen LogP contribution in [0.5, 0.6) is 5.75 Å². The third kappa shape index (κ3) is 5.14. The molecule has 1 saturated heterocycles. The second kappa shape index (κ2) is 9.75. The van der Waals surface area contributed by atoms with Gasteiger partial charge in [-0.1, -0.05) is 23.7 Å². The van der Waals surface area contributed by atoms with Gasteiger partial charge in [0, 0.05) is 58.0 Å². The Morgan fingerprint density at radius 1 is 1.21 bits per heavy atom. The average molecular weight is 403 g/mol. The zero-order valence-electron chi connectivity index (χ0n) is 16.4. The Morgan fingerprint density at radius 2 is 2.00 bits per heavy atom. The van der Waals surface area contributed by atoms with Crippen LogP contribution < -0.4 is 15.0 Å². The smallest absolute Gasteiger partial charge is 0.219 e. The van der Waals surface area contributed by atoms with Gasteiger partial charge in [0.1, 0.15) is 11.6 Å². The van der Waals surface area contributed by atoms with Crippen molar-refractivity contribution in [2.75, 3.05) is 37.7 Å². The summed E-state index contributed by atoms with van der Waals surface area (Å²) in [4.78, 5) is 20.3. The van der Waals surface area contributed by atoms with Gasteiger partial charge < -0.3 is 19.9 Å². The summed E-state index contributed by atoms with van der Waals surface area (Å²) in [7, 11) is 0. The van der Waals surface area contributed by atoms with Gasteiger partial charge in [0.25, 0.3) is 0 Å². The highest BCUT2D eigenvalue weighted by Crippen LogP contribution is 2.25. The first-order chi connectivity index (χ1) is 13.6. The van der Waals surface area contributed by atoms with Crippen molar-refractivity contribution >= 4 is 23.3 Å². The van der Waals surface area contributed by atoms with Crippen LogP contribution in [-0.2, 0) is 17.9 Å². The monoisotopic (exact) mass is 402 g/mol. The van der Waals surface area contributed by atoms with Crippen LogP contribution in [0.1, 0.15) is 25.0 Å². The zero-order valence-corrected chi connectivity index (χ0v) is 17.2. The van der Waals surface area contributed by atoms with Crippen molar-refractivity contribution in [2.24, 2.45) is 0 Å². The first kappa shape index (κ1) is 20.4. The highest BCUT2D eigenvalue weighted by molar-refractivity contribution is 6.32. The van der Waals surface area contributed by atoms with E-state index in [0.717, 1.165) is 43.1 Å². The predicted molar refractivity (Wildman–Crippen MR) is 112 cm³/mol. The largest absolute Gasteiger partial charge is 0.492 e. The maximum absolute atomic E-state index is 11.5. The second-order valence-corrected chi connectivity index (χ2v) is 7.19. The van der Waals surface area contributed by atoms with Crippen molar-refractivity contribution in [1.82, 2.24) is 15.2 Å². The molecule has 0 atom stereocenters. The van der Waals surface area contributed by atoms with Crippen LogP contribution in [0.4, 0.5) is 5.82 Å². The van der Waals surface area contributed by atoms with E-state index in [1.165, 1.54) is 0 Å². The molecule has 0 unspecified atom stereocenters. The van der Waals surface area contributed by atoms with E-state index in [9.17, 15) is 4.79 Å². The zero-order chi connectivity index (χ0) is 19.9. The number of nitrogens with one attached hydrogen (secondary N) is 1. The Kier molecular flexibility index (Phi) is 7.12. The molecule has 150 valence electrons. The van der Waals surface area contributed by atoms with Crippen LogP contribution in [-0.4, -0.2) is 48.6 Å². The number of carbonyl (C=O) groups is 1. The van der Waals surface area contributed by atoms with Crippen molar-refractivity contribution in [3.8, 4) is 5.75 Å². The van der Waals surface area contributed by atoms with Crippen molar-refractivity contribution in [2.45, 2.75) is 26.9 Å². The molecule has 0 saturated carbocycles. The molecular formula is C21H27ClN4O2. The number of anilines is 1.